The molecule has 0 aliphatic carbocycles. The van der Waals surface area contributed by atoms with Crippen LogP contribution in [0, 0.1) is 0 Å². The van der Waals surface area contributed by atoms with Gasteiger partial charge in [0.25, 0.3) is 0 Å². The van der Waals surface area contributed by atoms with Gasteiger partial charge in [0, 0.05) is 13.8 Å². The van der Waals surface area contributed by atoms with Crippen LogP contribution in [0.1, 0.15) is 27.7 Å². The summed E-state index contributed by atoms with van der Waals surface area (Å²) in [5.74, 6) is -1.69. The van der Waals surface area contributed by atoms with E-state index < -0.39 is 42.0 Å². The third-order valence-corrected chi connectivity index (χ3v) is 2.54. The maximum atomic E-state index is 11.1. The Hall–Kier alpha value is -1.51. The van der Waals surface area contributed by atoms with Crippen LogP contribution in [-0.2, 0) is 23.9 Å². The van der Waals surface area contributed by atoms with Gasteiger partial charge in [0.05, 0.1) is 6.10 Å². The van der Waals surface area contributed by atoms with E-state index in [1.54, 1.807) is 0 Å². The van der Waals surface area contributed by atoms with Crippen LogP contribution in [0.4, 0.5) is 0 Å². The van der Waals surface area contributed by atoms with Gasteiger partial charge in [-0.15, -0.1) is 0 Å². The first-order valence-corrected chi connectivity index (χ1v) is 5.92. The molecule has 0 radical (unpaired) electrons. The molecule has 0 heterocycles. The number of carbonyl (C=O) groups excluding carboxylic acids is 3. The van der Waals surface area contributed by atoms with Crippen LogP contribution in [0.2, 0.25) is 0 Å². The van der Waals surface area contributed by atoms with Gasteiger partial charge >= 0.3 is 11.9 Å². The van der Waals surface area contributed by atoms with Crippen molar-refractivity contribution >= 4 is 18.2 Å². The molecule has 0 fully saturated rings. The fraction of sp³-hybridized carbons (Fsp3) is 0.750. The molecule has 1 unspecified atom stereocenters. The molecule has 116 valence electrons. The second kappa shape index (κ2) is 7.32. The van der Waals surface area contributed by atoms with Gasteiger partial charge in [-0.25, -0.2) is 0 Å². The second-order valence-electron chi connectivity index (χ2n) is 4.68. The molecule has 3 N–H and O–H groups in total. The Labute approximate surface area is 116 Å². The monoisotopic (exact) mass is 292 g/mol. The second-order valence-corrected chi connectivity index (χ2v) is 4.68. The van der Waals surface area contributed by atoms with E-state index in [9.17, 15) is 29.7 Å². The van der Waals surface area contributed by atoms with Crippen LogP contribution in [0.15, 0.2) is 0 Å². The molecule has 0 aromatic heterocycles. The predicted molar refractivity (Wildman–Crippen MR) is 65.5 cm³/mol. The average Bonchev–Trinajstić information content (AvgIpc) is 2.31. The Bertz CT molecular complexity index is 362. The normalized spacial score (nSPS) is 19.9. The molecule has 5 atom stereocenters. The minimum atomic E-state index is -2.21. The Morgan fingerprint density at radius 2 is 1.60 bits per heavy atom. The van der Waals surface area contributed by atoms with E-state index in [0.29, 0.717) is 0 Å². The Kier molecular flexibility index (Phi) is 6.77. The van der Waals surface area contributed by atoms with Gasteiger partial charge in [0.1, 0.15) is 6.10 Å². The van der Waals surface area contributed by atoms with Crippen molar-refractivity contribution in [2.45, 2.75) is 57.7 Å². The van der Waals surface area contributed by atoms with E-state index in [2.05, 4.69) is 0 Å². The van der Waals surface area contributed by atoms with Crippen molar-refractivity contribution in [3.8, 4) is 0 Å². The molecule has 0 rings (SSSR count). The lowest BCUT2D eigenvalue weighted by molar-refractivity contribution is -0.203. The van der Waals surface area contributed by atoms with Gasteiger partial charge in [0.2, 0.25) is 0 Å². The summed E-state index contributed by atoms with van der Waals surface area (Å²) >= 11 is 0. The van der Waals surface area contributed by atoms with Gasteiger partial charge in [-0.05, 0) is 13.8 Å². The van der Waals surface area contributed by atoms with Crippen molar-refractivity contribution < 1.29 is 39.2 Å². The highest BCUT2D eigenvalue weighted by Crippen LogP contribution is 2.22. The number of hydrogen-bond acceptors (Lipinski definition) is 8. The molecule has 0 aromatic rings. The highest BCUT2D eigenvalue weighted by atomic mass is 16.6. The van der Waals surface area contributed by atoms with Crippen LogP contribution < -0.4 is 0 Å². The quantitative estimate of drug-likeness (QED) is 0.383. The minimum Gasteiger partial charge on any atom is -0.456 e. The van der Waals surface area contributed by atoms with Crippen molar-refractivity contribution in [1.82, 2.24) is 0 Å². The molecule has 0 aliphatic rings. The molecule has 0 saturated carbocycles. The highest BCUT2D eigenvalue weighted by molar-refractivity contribution is 5.70. The first kappa shape index (κ1) is 18.5. The largest absolute Gasteiger partial charge is 0.456 e. The number of ether oxygens (including phenoxy) is 2. The van der Waals surface area contributed by atoms with Gasteiger partial charge in [0.15, 0.2) is 24.1 Å². The summed E-state index contributed by atoms with van der Waals surface area (Å²) in [6, 6.07) is 0. The maximum Gasteiger partial charge on any atom is 0.303 e. The zero-order valence-electron chi connectivity index (χ0n) is 11.8. The zero-order valence-corrected chi connectivity index (χ0v) is 11.8. The molecular weight excluding hydrogens is 272 g/mol. The standard InChI is InChI=1S/C12H20O8/c1-6(14)9(17)10(19-7(2)15)11(20-8(3)16)12(4,18)5-13/h5-6,9-11,14,17-18H,1-4H3/t6?,9-,10-,11+,12+/m1/s1. The van der Waals surface area contributed by atoms with Crippen molar-refractivity contribution in [2.75, 3.05) is 0 Å². The number of aldehydes is 1. The number of aliphatic hydroxyl groups is 3. The van der Waals surface area contributed by atoms with E-state index in [1.807, 2.05) is 0 Å². The van der Waals surface area contributed by atoms with Crippen LogP contribution in [0.3, 0.4) is 0 Å². The molecule has 8 heteroatoms. The molecule has 8 nitrogen and oxygen atoms in total. The van der Waals surface area contributed by atoms with E-state index >= 15 is 0 Å². The van der Waals surface area contributed by atoms with Gasteiger partial charge in [-0.3, -0.25) is 14.4 Å². The lowest BCUT2D eigenvalue weighted by Crippen LogP contribution is -2.57. The van der Waals surface area contributed by atoms with Gasteiger partial charge in [-0.2, -0.15) is 0 Å². The summed E-state index contributed by atoms with van der Waals surface area (Å²) < 4.78 is 9.55. The SMILES string of the molecule is CC(=O)O[C@H]([C@H](O)C(C)O)[C@H](OC(C)=O)[C@@](C)(O)C=O. The van der Waals surface area contributed by atoms with Crippen LogP contribution in [-0.4, -0.2) is 63.6 Å². The number of esters is 2. The van der Waals surface area contributed by atoms with Crippen LogP contribution in [0.5, 0.6) is 0 Å². The first-order valence-electron chi connectivity index (χ1n) is 5.92. The van der Waals surface area contributed by atoms with Crippen molar-refractivity contribution in [1.29, 1.82) is 0 Å². The average molecular weight is 292 g/mol. The number of carbonyl (C=O) groups is 3. The summed E-state index contributed by atoms with van der Waals surface area (Å²) in [6.07, 6.45) is -6.18. The summed E-state index contributed by atoms with van der Waals surface area (Å²) in [5.41, 5.74) is -2.21. The first-order chi connectivity index (χ1) is 9.02. The predicted octanol–water partition coefficient (Wildman–Crippen LogP) is -1.46. The zero-order chi connectivity index (χ0) is 16.1. The molecule has 20 heavy (non-hydrogen) atoms. The van der Waals surface area contributed by atoms with Crippen molar-refractivity contribution in [3.63, 3.8) is 0 Å². The van der Waals surface area contributed by atoms with Gasteiger partial charge < -0.3 is 24.8 Å². The number of hydrogen-bond donors (Lipinski definition) is 3. The molecular formula is C12H20O8. The molecule has 0 saturated heterocycles. The summed E-state index contributed by atoms with van der Waals surface area (Å²) in [6.45, 7) is 4.29. The fourth-order valence-corrected chi connectivity index (χ4v) is 1.54. The lowest BCUT2D eigenvalue weighted by Gasteiger charge is -2.36. The van der Waals surface area contributed by atoms with E-state index in [-0.39, 0.29) is 6.29 Å². The number of aliphatic hydroxyl groups excluding tert-OH is 2. The smallest absolute Gasteiger partial charge is 0.303 e. The Balaban J connectivity index is 5.54. The summed E-state index contributed by atoms with van der Waals surface area (Å²) in [5, 5.41) is 29.1. The minimum absolute atomic E-state index is 0.0892. The fourth-order valence-electron chi connectivity index (χ4n) is 1.54. The van der Waals surface area contributed by atoms with Crippen molar-refractivity contribution in [2.24, 2.45) is 0 Å². The van der Waals surface area contributed by atoms with Crippen LogP contribution >= 0.6 is 0 Å². The van der Waals surface area contributed by atoms with E-state index in [4.69, 9.17) is 9.47 Å². The van der Waals surface area contributed by atoms with Crippen molar-refractivity contribution in [3.05, 3.63) is 0 Å². The Morgan fingerprint density at radius 3 is 1.90 bits per heavy atom. The topological polar surface area (TPSA) is 130 Å². The molecule has 0 aromatic carbocycles. The molecule has 0 aliphatic heterocycles. The third-order valence-electron chi connectivity index (χ3n) is 2.54. The van der Waals surface area contributed by atoms with E-state index in [0.717, 1.165) is 20.8 Å². The lowest BCUT2D eigenvalue weighted by atomic mass is 9.91. The summed E-state index contributed by atoms with van der Waals surface area (Å²) in [7, 11) is 0. The summed E-state index contributed by atoms with van der Waals surface area (Å²) in [4.78, 5) is 33.0. The number of rotatable bonds is 7. The van der Waals surface area contributed by atoms with E-state index in [1.165, 1.54) is 6.92 Å². The van der Waals surface area contributed by atoms with Gasteiger partial charge in [-0.1, -0.05) is 0 Å². The third kappa shape index (κ3) is 5.24. The maximum absolute atomic E-state index is 11.1. The molecule has 0 spiro atoms. The van der Waals surface area contributed by atoms with Crippen LogP contribution in [0.25, 0.3) is 0 Å². The highest BCUT2D eigenvalue weighted by Gasteiger charge is 2.46. The Morgan fingerprint density at radius 1 is 1.15 bits per heavy atom. The molecule has 0 amide bonds. The molecule has 0 bridgehead atoms.